The molecule has 2 bridgehead atoms. The lowest BCUT2D eigenvalue weighted by Crippen LogP contribution is -1.98. The van der Waals surface area contributed by atoms with E-state index in [9.17, 15) is 0 Å². The van der Waals surface area contributed by atoms with Gasteiger partial charge in [-0.15, -0.1) is 0 Å². The van der Waals surface area contributed by atoms with Crippen LogP contribution in [0.15, 0.2) is 11.1 Å². The highest BCUT2D eigenvalue weighted by Gasteiger charge is 2.36. The van der Waals surface area contributed by atoms with E-state index in [1.807, 2.05) is 0 Å². The fourth-order valence-corrected chi connectivity index (χ4v) is 2.36. The summed E-state index contributed by atoms with van der Waals surface area (Å²) < 4.78 is 0. The first-order chi connectivity index (χ1) is 4.83. The summed E-state index contributed by atoms with van der Waals surface area (Å²) in [5.41, 5.74) is 2.50. The maximum absolute atomic E-state index is 8.75. The Morgan fingerprint density at radius 3 is 2.50 bits per heavy atom. The molecule has 0 aliphatic heterocycles. The Morgan fingerprint density at radius 2 is 2.10 bits per heavy atom. The van der Waals surface area contributed by atoms with E-state index < -0.39 is 0 Å². The molecule has 0 saturated heterocycles. The average Bonchev–Trinajstić information content (AvgIpc) is 2.46. The summed E-state index contributed by atoms with van der Waals surface area (Å²) in [6, 6.07) is 2.32. The number of fused-ring (bicyclic) bond motifs is 2. The quantitative estimate of drug-likeness (QED) is 0.497. The zero-order chi connectivity index (χ0) is 7.14. The molecule has 2 aliphatic rings. The molecule has 1 fully saturated rings. The van der Waals surface area contributed by atoms with Crippen molar-refractivity contribution in [2.24, 2.45) is 11.8 Å². The molecule has 52 valence electrons. The summed E-state index contributed by atoms with van der Waals surface area (Å²) in [7, 11) is 0. The van der Waals surface area contributed by atoms with Crippen LogP contribution in [0, 0.1) is 23.2 Å². The summed E-state index contributed by atoms with van der Waals surface area (Å²) in [6.45, 7) is 2.13. The van der Waals surface area contributed by atoms with Crippen molar-refractivity contribution >= 4 is 0 Å². The van der Waals surface area contributed by atoms with Gasteiger partial charge in [-0.2, -0.15) is 5.26 Å². The van der Waals surface area contributed by atoms with E-state index in [-0.39, 0.29) is 0 Å². The van der Waals surface area contributed by atoms with Gasteiger partial charge in [-0.1, -0.05) is 5.57 Å². The minimum atomic E-state index is 0.648. The van der Waals surface area contributed by atoms with E-state index in [1.165, 1.54) is 24.8 Å². The van der Waals surface area contributed by atoms with E-state index >= 15 is 0 Å². The molecule has 2 atom stereocenters. The van der Waals surface area contributed by atoms with Gasteiger partial charge >= 0.3 is 0 Å². The van der Waals surface area contributed by atoms with Crippen LogP contribution >= 0.6 is 0 Å². The van der Waals surface area contributed by atoms with Crippen LogP contribution in [0.25, 0.3) is 0 Å². The third kappa shape index (κ3) is 0.568. The van der Waals surface area contributed by atoms with Crippen LogP contribution in [0.3, 0.4) is 0 Å². The van der Waals surface area contributed by atoms with Crippen LogP contribution in [-0.4, -0.2) is 0 Å². The normalized spacial score (nSPS) is 36.8. The molecule has 0 radical (unpaired) electrons. The molecule has 0 heterocycles. The van der Waals surface area contributed by atoms with Crippen molar-refractivity contribution in [3.63, 3.8) is 0 Å². The van der Waals surface area contributed by atoms with Gasteiger partial charge in [0.15, 0.2) is 0 Å². The first-order valence-electron chi connectivity index (χ1n) is 3.93. The Kier molecular flexibility index (Phi) is 1.11. The minimum Gasteiger partial charge on any atom is -0.193 e. The molecule has 0 aromatic carbocycles. The lowest BCUT2D eigenvalue weighted by molar-refractivity contribution is 0.655. The van der Waals surface area contributed by atoms with Gasteiger partial charge in [-0.25, -0.2) is 0 Å². The summed E-state index contributed by atoms with van der Waals surface area (Å²) in [4.78, 5) is 0. The SMILES string of the molecule is CC1=C(C#N)C2CCC1C2. The van der Waals surface area contributed by atoms with Crippen LogP contribution in [0.1, 0.15) is 26.2 Å². The molecule has 0 aromatic heterocycles. The third-order valence-electron chi connectivity index (χ3n) is 3.00. The highest BCUT2D eigenvalue weighted by molar-refractivity contribution is 5.37. The average molecular weight is 133 g/mol. The summed E-state index contributed by atoms with van der Waals surface area (Å²) in [5, 5.41) is 8.75. The van der Waals surface area contributed by atoms with Gasteiger partial charge < -0.3 is 0 Å². The van der Waals surface area contributed by atoms with Crippen LogP contribution < -0.4 is 0 Å². The van der Waals surface area contributed by atoms with Gasteiger partial charge in [-0.3, -0.25) is 0 Å². The molecule has 1 nitrogen and oxygen atoms in total. The number of hydrogen-bond acceptors (Lipinski definition) is 1. The van der Waals surface area contributed by atoms with E-state index in [1.54, 1.807) is 0 Å². The molecule has 1 heteroatoms. The molecule has 2 unspecified atom stereocenters. The van der Waals surface area contributed by atoms with E-state index in [0.717, 1.165) is 11.5 Å². The number of rotatable bonds is 0. The Labute approximate surface area is 61.4 Å². The van der Waals surface area contributed by atoms with Gasteiger partial charge in [-0.05, 0) is 38.0 Å². The maximum Gasteiger partial charge on any atom is 0.0949 e. The van der Waals surface area contributed by atoms with Crippen molar-refractivity contribution in [3.8, 4) is 6.07 Å². The standard InChI is InChI=1S/C9H11N/c1-6-7-2-3-8(4-7)9(6)5-10/h7-8H,2-4H2,1H3. The Morgan fingerprint density at radius 1 is 1.40 bits per heavy atom. The van der Waals surface area contributed by atoms with Gasteiger partial charge in [0, 0.05) is 5.57 Å². The van der Waals surface area contributed by atoms with E-state index in [0.29, 0.717) is 5.92 Å². The van der Waals surface area contributed by atoms with Crippen LogP contribution in [0.2, 0.25) is 0 Å². The van der Waals surface area contributed by atoms with Crippen molar-refractivity contribution in [3.05, 3.63) is 11.1 Å². The van der Waals surface area contributed by atoms with Crippen LogP contribution in [0.4, 0.5) is 0 Å². The molecule has 2 aliphatic carbocycles. The number of nitriles is 1. The molecule has 0 amide bonds. The molecule has 10 heavy (non-hydrogen) atoms. The fraction of sp³-hybridized carbons (Fsp3) is 0.667. The van der Waals surface area contributed by atoms with Crippen LogP contribution in [-0.2, 0) is 0 Å². The second kappa shape index (κ2) is 1.85. The molecular formula is C9H11N. The Bertz CT molecular complexity index is 232. The van der Waals surface area contributed by atoms with Crippen molar-refractivity contribution in [2.75, 3.05) is 0 Å². The molecule has 0 N–H and O–H groups in total. The van der Waals surface area contributed by atoms with Crippen molar-refractivity contribution < 1.29 is 0 Å². The second-order valence-corrected chi connectivity index (χ2v) is 3.42. The smallest absolute Gasteiger partial charge is 0.0949 e. The maximum atomic E-state index is 8.75. The monoisotopic (exact) mass is 133 g/mol. The van der Waals surface area contributed by atoms with Gasteiger partial charge in [0.2, 0.25) is 0 Å². The number of allylic oxidation sites excluding steroid dienone is 2. The highest BCUT2D eigenvalue weighted by atomic mass is 14.4. The number of nitrogens with zero attached hydrogens (tertiary/aromatic N) is 1. The predicted octanol–water partition coefficient (Wildman–Crippen LogP) is 2.26. The fourth-order valence-electron chi connectivity index (χ4n) is 2.36. The summed E-state index contributed by atoms with van der Waals surface area (Å²) in [5.74, 6) is 1.43. The highest BCUT2D eigenvalue weighted by Crippen LogP contribution is 2.47. The molecular weight excluding hydrogens is 122 g/mol. The van der Waals surface area contributed by atoms with E-state index in [4.69, 9.17) is 5.26 Å². The second-order valence-electron chi connectivity index (χ2n) is 3.42. The first kappa shape index (κ1) is 5.97. The van der Waals surface area contributed by atoms with Gasteiger partial charge in [0.25, 0.3) is 0 Å². The topological polar surface area (TPSA) is 23.8 Å². The summed E-state index contributed by atoms with van der Waals surface area (Å²) >= 11 is 0. The molecule has 1 saturated carbocycles. The molecule has 0 spiro atoms. The largest absolute Gasteiger partial charge is 0.193 e. The lowest BCUT2D eigenvalue weighted by Gasteiger charge is -2.09. The minimum absolute atomic E-state index is 0.648. The van der Waals surface area contributed by atoms with Crippen molar-refractivity contribution in [1.29, 1.82) is 5.26 Å². The summed E-state index contributed by atoms with van der Waals surface area (Å²) in [6.07, 6.45) is 3.88. The van der Waals surface area contributed by atoms with Gasteiger partial charge in [0.1, 0.15) is 0 Å². The zero-order valence-electron chi connectivity index (χ0n) is 6.22. The van der Waals surface area contributed by atoms with Crippen LogP contribution in [0.5, 0.6) is 0 Å². The third-order valence-corrected chi connectivity index (χ3v) is 3.00. The Hall–Kier alpha value is -0.770. The molecule has 0 aromatic rings. The Balaban J connectivity index is 2.40. The molecule has 2 rings (SSSR count). The first-order valence-corrected chi connectivity index (χ1v) is 3.93. The predicted molar refractivity (Wildman–Crippen MR) is 39.1 cm³/mol. The lowest BCUT2D eigenvalue weighted by atomic mass is 9.94. The van der Waals surface area contributed by atoms with Crippen molar-refractivity contribution in [1.82, 2.24) is 0 Å². The number of hydrogen-bond donors (Lipinski definition) is 0. The van der Waals surface area contributed by atoms with E-state index in [2.05, 4.69) is 13.0 Å². The van der Waals surface area contributed by atoms with Crippen molar-refractivity contribution in [2.45, 2.75) is 26.2 Å². The zero-order valence-corrected chi connectivity index (χ0v) is 6.22. The van der Waals surface area contributed by atoms with Gasteiger partial charge in [0.05, 0.1) is 6.07 Å².